The summed E-state index contributed by atoms with van der Waals surface area (Å²) >= 11 is 6.73. The molecule has 5 heteroatoms. The van der Waals surface area contributed by atoms with E-state index in [1.807, 2.05) is 24.3 Å². The second-order valence-corrected chi connectivity index (χ2v) is 6.71. The van der Waals surface area contributed by atoms with Crippen molar-refractivity contribution < 1.29 is 9.21 Å². The summed E-state index contributed by atoms with van der Waals surface area (Å²) in [7, 11) is 0. The number of fused-ring (bicyclic) bond motifs is 1. The minimum absolute atomic E-state index is 0.0156. The molecule has 0 aliphatic rings. The van der Waals surface area contributed by atoms with Crippen LogP contribution in [-0.2, 0) is 0 Å². The highest BCUT2D eigenvalue weighted by atomic mass is 79.9. The zero-order valence-electron chi connectivity index (χ0n) is 11.8. The van der Waals surface area contributed by atoms with Gasteiger partial charge in [0, 0.05) is 14.3 Å². The minimum Gasteiger partial charge on any atom is -0.422 e. The highest BCUT2D eigenvalue weighted by Gasteiger charge is 2.11. The van der Waals surface area contributed by atoms with Gasteiger partial charge in [-0.1, -0.05) is 50.1 Å². The molecule has 0 aliphatic heterocycles. The van der Waals surface area contributed by atoms with Crippen molar-refractivity contribution in [2.45, 2.75) is 0 Å². The summed E-state index contributed by atoms with van der Waals surface area (Å²) in [5, 5.41) is 0.693. The molecule has 3 nitrogen and oxygen atoms in total. The number of carbonyl (C=O) groups is 1. The molecule has 0 aliphatic carbocycles. The average molecular weight is 434 g/mol. The summed E-state index contributed by atoms with van der Waals surface area (Å²) < 4.78 is 6.97. The van der Waals surface area contributed by atoms with Gasteiger partial charge >= 0.3 is 5.63 Å². The highest BCUT2D eigenvalue weighted by Crippen LogP contribution is 2.20. The van der Waals surface area contributed by atoms with E-state index in [4.69, 9.17) is 4.42 Å². The van der Waals surface area contributed by atoms with Crippen molar-refractivity contribution in [1.29, 1.82) is 0 Å². The van der Waals surface area contributed by atoms with Gasteiger partial charge in [-0.3, -0.25) is 4.79 Å². The summed E-state index contributed by atoms with van der Waals surface area (Å²) in [5.41, 5.74) is 0.692. The second kappa shape index (κ2) is 6.64. The molecule has 0 amide bonds. The average Bonchev–Trinajstić information content (AvgIpc) is 2.52. The van der Waals surface area contributed by atoms with Crippen LogP contribution >= 0.6 is 31.9 Å². The van der Waals surface area contributed by atoms with Crippen molar-refractivity contribution in [2.24, 2.45) is 0 Å². The van der Waals surface area contributed by atoms with E-state index in [2.05, 4.69) is 31.9 Å². The van der Waals surface area contributed by atoms with Crippen LogP contribution in [-0.4, -0.2) is 5.78 Å². The highest BCUT2D eigenvalue weighted by molar-refractivity contribution is 9.10. The third-order valence-electron chi connectivity index (χ3n) is 3.24. The Morgan fingerprint density at radius 2 is 1.78 bits per heavy atom. The molecule has 0 unspecified atom stereocenters. The van der Waals surface area contributed by atoms with Gasteiger partial charge in [0.25, 0.3) is 0 Å². The molecule has 3 rings (SSSR count). The lowest BCUT2D eigenvalue weighted by atomic mass is 10.1. The van der Waals surface area contributed by atoms with E-state index in [0.717, 1.165) is 14.5 Å². The Labute approximate surface area is 148 Å². The number of ketones is 1. The number of halogens is 2. The third-order valence-corrected chi connectivity index (χ3v) is 4.22. The van der Waals surface area contributed by atoms with Crippen molar-refractivity contribution in [2.75, 3.05) is 0 Å². The normalized spacial score (nSPS) is 11.2. The molecule has 1 heterocycles. The second-order valence-electron chi connectivity index (χ2n) is 4.88. The number of carbonyl (C=O) groups excluding carboxylic acids is 1. The van der Waals surface area contributed by atoms with Gasteiger partial charge in [-0.05, 0) is 48.0 Å². The fourth-order valence-corrected chi connectivity index (χ4v) is 2.93. The van der Waals surface area contributed by atoms with Gasteiger partial charge in [-0.2, -0.15) is 0 Å². The van der Waals surface area contributed by atoms with E-state index in [9.17, 15) is 9.59 Å². The van der Waals surface area contributed by atoms with E-state index < -0.39 is 5.63 Å². The lowest BCUT2D eigenvalue weighted by Crippen LogP contribution is -2.11. The van der Waals surface area contributed by atoms with Crippen LogP contribution in [0.25, 0.3) is 17.0 Å². The molecule has 0 N–H and O–H groups in total. The van der Waals surface area contributed by atoms with Crippen molar-refractivity contribution in [1.82, 2.24) is 0 Å². The molecule has 0 saturated carbocycles. The monoisotopic (exact) mass is 432 g/mol. The van der Waals surface area contributed by atoms with Gasteiger partial charge in [0.1, 0.15) is 11.1 Å². The Morgan fingerprint density at radius 3 is 2.57 bits per heavy atom. The molecule has 1 aromatic heterocycles. The lowest BCUT2D eigenvalue weighted by Gasteiger charge is -2.00. The molecular weight excluding hydrogens is 424 g/mol. The number of hydrogen-bond acceptors (Lipinski definition) is 3. The molecule has 23 heavy (non-hydrogen) atoms. The van der Waals surface area contributed by atoms with Crippen LogP contribution in [0.15, 0.2) is 72.8 Å². The van der Waals surface area contributed by atoms with Crippen molar-refractivity contribution in [3.8, 4) is 0 Å². The molecule has 114 valence electrons. The van der Waals surface area contributed by atoms with E-state index in [1.165, 1.54) is 6.08 Å². The van der Waals surface area contributed by atoms with Gasteiger partial charge in [0.2, 0.25) is 0 Å². The zero-order chi connectivity index (χ0) is 16.4. The molecule has 0 spiro atoms. The summed E-state index contributed by atoms with van der Waals surface area (Å²) in [6.07, 6.45) is 3.04. The van der Waals surface area contributed by atoms with Crippen LogP contribution in [0.5, 0.6) is 0 Å². The zero-order valence-corrected chi connectivity index (χ0v) is 14.9. The fraction of sp³-hybridized carbons (Fsp3) is 0. The van der Waals surface area contributed by atoms with Gasteiger partial charge in [-0.25, -0.2) is 4.79 Å². The molecule has 0 saturated heterocycles. The van der Waals surface area contributed by atoms with E-state index in [0.29, 0.717) is 11.0 Å². The molecule has 0 fully saturated rings. The first-order valence-corrected chi connectivity index (χ1v) is 8.33. The van der Waals surface area contributed by atoms with Crippen LogP contribution in [0.4, 0.5) is 0 Å². The lowest BCUT2D eigenvalue weighted by molar-refractivity contribution is 0.104. The predicted molar refractivity (Wildman–Crippen MR) is 97.7 cm³/mol. The van der Waals surface area contributed by atoms with Crippen LogP contribution in [0, 0.1) is 0 Å². The van der Waals surface area contributed by atoms with E-state index in [1.54, 1.807) is 30.3 Å². The van der Waals surface area contributed by atoms with Gasteiger partial charge in [-0.15, -0.1) is 0 Å². The summed E-state index contributed by atoms with van der Waals surface area (Å²) in [4.78, 5) is 24.3. The number of benzene rings is 2. The smallest absolute Gasteiger partial charge is 0.347 e. The topological polar surface area (TPSA) is 47.3 Å². The first-order valence-electron chi connectivity index (χ1n) is 6.74. The molecule has 0 atom stereocenters. The van der Waals surface area contributed by atoms with Crippen LogP contribution in [0.3, 0.4) is 0 Å². The summed E-state index contributed by atoms with van der Waals surface area (Å²) in [6.45, 7) is 0. The maximum Gasteiger partial charge on any atom is 0.347 e. The largest absolute Gasteiger partial charge is 0.422 e. The van der Waals surface area contributed by atoms with Crippen molar-refractivity contribution in [3.63, 3.8) is 0 Å². The SMILES string of the molecule is O=C(/C=C/c1cccc(Br)c1)c1cc2cc(Br)ccc2oc1=O. The predicted octanol–water partition coefficient (Wildman–Crippen LogP) is 5.21. The van der Waals surface area contributed by atoms with Crippen molar-refractivity contribution >= 4 is 54.7 Å². The third kappa shape index (κ3) is 3.68. The molecule has 3 aromatic rings. The first-order chi connectivity index (χ1) is 11.0. The minimum atomic E-state index is -0.635. The van der Waals surface area contributed by atoms with Gasteiger partial charge in [0.05, 0.1) is 0 Å². The van der Waals surface area contributed by atoms with Gasteiger partial charge < -0.3 is 4.42 Å². The number of hydrogen-bond donors (Lipinski definition) is 0. The number of rotatable bonds is 3. The molecule has 2 aromatic carbocycles. The maximum absolute atomic E-state index is 12.3. The van der Waals surface area contributed by atoms with Crippen LogP contribution < -0.4 is 5.63 Å². The first kappa shape index (κ1) is 15.9. The number of allylic oxidation sites excluding steroid dienone is 1. The van der Waals surface area contributed by atoms with Crippen LogP contribution in [0.1, 0.15) is 15.9 Å². The maximum atomic E-state index is 12.3. The Bertz CT molecular complexity index is 987. The summed E-state index contributed by atoms with van der Waals surface area (Å²) in [6, 6.07) is 14.3. The quantitative estimate of drug-likeness (QED) is 0.323. The van der Waals surface area contributed by atoms with Crippen LogP contribution in [0.2, 0.25) is 0 Å². The Morgan fingerprint density at radius 1 is 1.00 bits per heavy atom. The Kier molecular flexibility index (Phi) is 4.59. The van der Waals surface area contributed by atoms with E-state index >= 15 is 0 Å². The molecule has 0 bridgehead atoms. The van der Waals surface area contributed by atoms with E-state index in [-0.39, 0.29) is 11.3 Å². The van der Waals surface area contributed by atoms with Gasteiger partial charge in [0.15, 0.2) is 5.78 Å². The van der Waals surface area contributed by atoms with Crippen molar-refractivity contribution in [3.05, 3.63) is 85.1 Å². The summed E-state index contributed by atoms with van der Waals surface area (Å²) in [5.74, 6) is -0.388. The Hall–Kier alpha value is -1.98. The standard InChI is InChI=1S/C18H10Br2O3/c19-13-3-1-2-11(8-13)4-6-16(21)15-10-12-9-14(20)5-7-17(12)23-18(15)22/h1-10H/b6-4+. The molecule has 0 radical (unpaired) electrons. The molecular formula is C18H10Br2O3. The fourth-order valence-electron chi connectivity index (χ4n) is 2.14. The Balaban J connectivity index is 1.97.